The summed E-state index contributed by atoms with van der Waals surface area (Å²) in [6.45, 7) is 11.0. The molecular formula is C31H36F4N8O2. The van der Waals surface area contributed by atoms with Gasteiger partial charge in [-0.15, -0.1) is 0 Å². The van der Waals surface area contributed by atoms with Crippen LogP contribution in [0.25, 0.3) is 0 Å². The van der Waals surface area contributed by atoms with Crippen molar-refractivity contribution in [2.24, 2.45) is 0 Å². The minimum atomic E-state index is -4.78. The quantitative estimate of drug-likeness (QED) is 0.369. The molecule has 2 aromatic rings. The van der Waals surface area contributed by atoms with Crippen molar-refractivity contribution in [3.05, 3.63) is 59.6 Å². The number of nitriles is 1. The largest absolute Gasteiger partial charge is 0.417 e. The first kappa shape index (κ1) is 32.2. The number of nitrogens with zero attached hydrogens (tertiary/aromatic N) is 7. The number of aryl methyl sites for hydroxylation is 1. The Kier molecular flexibility index (Phi) is 9.31. The molecule has 0 aliphatic carbocycles. The normalized spacial score (nSPS) is 20.2. The molecule has 10 nitrogen and oxygen atoms in total. The molecule has 0 bridgehead atoms. The van der Waals surface area contributed by atoms with Crippen LogP contribution in [0.1, 0.15) is 23.2 Å². The van der Waals surface area contributed by atoms with Gasteiger partial charge < -0.3 is 20.0 Å². The average molecular weight is 629 g/mol. The Morgan fingerprint density at radius 2 is 1.89 bits per heavy atom. The number of carbonyl (C=O) groups excluding carboxylic acids is 2. The maximum absolute atomic E-state index is 15.3. The highest BCUT2D eigenvalue weighted by atomic mass is 19.4. The third kappa shape index (κ3) is 6.74. The van der Waals surface area contributed by atoms with Crippen LogP contribution in [0.4, 0.5) is 34.8 Å². The number of amides is 2. The Bertz CT molecular complexity index is 1500. The molecule has 3 aliphatic rings. The highest BCUT2D eigenvalue weighted by Gasteiger charge is 2.38. The fourth-order valence-corrected chi connectivity index (χ4v) is 6.21. The van der Waals surface area contributed by atoms with Crippen molar-refractivity contribution in [1.82, 2.24) is 19.7 Å². The van der Waals surface area contributed by atoms with Crippen LogP contribution in [-0.4, -0.2) is 110 Å². The number of piperazine rings is 1. The smallest absolute Gasteiger partial charge is 0.366 e. The maximum Gasteiger partial charge on any atom is 0.417 e. The van der Waals surface area contributed by atoms with Gasteiger partial charge in [0.05, 0.1) is 16.9 Å². The van der Waals surface area contributed by atoms with Gasteiger partial charge in [0.2, 0.25) is 11.8 Å². The number of para-hydroxylation sites is 1. The van der Waals surface area contributed by atoms with Crippen LogP contribution in [0.5, 0.6) is 0 Å². The lowest BCUT2D eigenvalue weighted by Crippen LogP contribution is -2.64. The molecule has 1 aromatic carbocycles. The van der Waals surface area contributed by atoms with E-state index in [9.17, 15) is 28.0 Å². The molecule has 240 valence electrons. The Hall–Kier alpha value is -4.22. The summed E-state index contributed by atoms with van der Waals surface area (Å²) < 4.78 is 56.5. The molecule has 1 N–H and O–H groups in total. The van der Waals surface area contributed by atoms with Crippen molar-refractivity contribution < 1.29 is 27.2 Å². The van der Waals surface area contributed by atoms with E-state index in [2.05, 4.69) is 26.7 Å². The first-order valence-electron chi connectivity index (χ1n) is 14.9. The summed E-state index contributed by atoms with van der Waals surface area (Å²) in [6.07, 6.45) is -3.31. The van der Waals surface area contributed by atoms with Crippen molar-refractivity contribution in [3.63, 3.8) is 0 Å². The van der Waals surface area contributed by atoms with Crippen molar-refractivity contribution in [3.8, 4) is 6.07 Å². The van der Waals surface area contributed by atoms with E-state index >= 15 is 4.39 Å². The lowest BCUT2D eigenvalue weighted by Gasteiger charge is -2.48. The van der Waals surface area contributed by atoms with Gasteiger partial charge in [-0.3, -0.25) is 19.4 Å². The summed E-state index contributed by atoms with van der Waals surface area (Å²) in [5.41, 5.74) is -1.13. The number of halogens is 4. The van der Waals surface area contributed by atoms with Crippen molar-refractivity contribution in [2.75, 3.05) is 81.1 Å². The Morgan fingerprint density at radius 3 is 2.53 bits per heavy atom. The molecule has 45 heavy (non-hydrogen) atoms. The van der Waals surface area contributed by atoms with E-state index < -0.39 is 35.1 Å². The molecule has 1 aromatic heterocycles. The molecule has 0 spiro atoms. The van der Waals surface area contributed by atoms with Crippen LogP contribution in [0, 0.1) is 24.1 Å². The Labute approximate surface area is 259 Å². The predicted molar refractivity (Wildman–Crippen MR) is 161 cm³/mol. The molecule has 2 saturated heterocycles. The van der Waals surface area contributed by atoms with E-state index in [0.717, 1.165) is 32.2 Å². The third-order valence-corrected chi connectivity index (χ3v) is 8.79. The highest BCUT2D eigenvalue weighted by Crippen LogP contribution is 2.37. The molecule has 0 unspecified atom stereocenters. The number of likely N-dealkylation sites (N-methyl/N-ethyl adjacent to an activating group) is 1. The molecule has 2 fully saturated rings. The average Bonchev–Trinajstić information content (AvgIpc) is 2.98. The minimum absolute atomic E-state index is 0.0458. The van der Waals surface area contributed by atoms with Crippen molar-refractivity contribution in [1.29, 1.82) is 5.26 Å². The second kappa shape index (κ2) is 13.0. The van der Waals surface area contributed by atoms with Crippen molar-refractivity contribution in [2.45, 2.75) is 31.6 Å². The molecule has 0 radical (unpaired) electrons. The lowest BCUT2D eigenvalue weighted by atomic mass is 10.0. The number of rotatable bonds is 7. The standard InChI is InChI=1S/C31H36F4N8O2/c1-4-27(44)43-18-21(19-43)41-13-10-40(11-14-41)12-15-42-9-8-25(30(45)39(3)26-7-5-6-24(32)28(26)42)38-29-22(17-36)23(31(33,34)35)16-20(2)37-29/h4-7,16,21,25H,1,8-15,18-19H2,2-3H3,(H,37,38)/t25-/m0/s1. The van der Waals surface area contributed by atoms with Crippen LogP contribution in [-0.2, 0) is 15.8 Å². The third-order valence-electron chi connectivity index (χ3n) is 8.79. The zero-order valence-electron chi connectivity index (χ0n) is 25.3. The second-order valence-electron chi connectivity index (χ2n) is 11.6. The number of anilines is 3. The summed E-state index contributed by atoms with van der Waals surface area (Å²) in [5.74, 6) is -1.33. The van der Waals surface area contributed by atoms with E-state index in [0.29, 0.717) is 37.9 Å². The minimum Gasteiger partial charge on any atom is -0.366 e. The number of likely N-dealkylation sites (tertiary alicyclic amines) is 1. The molecule has 2 amide bonds. The monoisotopic (exact) mass is 628 g/mol. The summed E-state index contributed by atoms with van der Waals surface area (Å²) in [5, 5.41) is 12.4. The van der Waals surface area contributed by atoms with Crippen LogP contribution in [0.15, 0.2) is 36.9 Å². The molecule has 0 saturated carbocycles. The van der Waals surface area contributed by atoms with Gasteiger partial charge in [0.25, 0.3) is 0 Å². The van der Waals surface area contributed by atoms with Gasteiger partial charge in [-0.05, 0) is 37.6 Å². The molecule has 5 rings (SSSR count). The molecule has 3 aliphatic heterocycles. The van der Waals surface area contributed by atoms with Gasteiger partial charge in [-0.2, -0.15) is 18.4 Å². The van der Waals surface area contributed by atoms with Gasteiger partial charge >= 0.3 is 6.18 Å². The van der Waals surface area contributed by atoms with Crippen molar-refractivity contribution >= 4 is 29.0 Å². The van der Waals surface area contributed by atoms with Gasteiger partial charge in [0, 0.05) is 77.7 Å². The summed E-state index contributed by atoms with van der Waals surface area (Å²) in [6, 6.07) is 6.20. The maximum atomic E-state index is 15.3. The van der Waals surface area contributed by atoms with Gasteiger partial charge in [0.1, 0.15) is 29.3 Å². The van der Waals surface area contributed by atoms with Gasteiger partial charge in [-0.25, -0.2) is 9.37 Å². The predicted octanol–water partition coefficient (Wildman–Crippen LogP) is 3.09. The van der Waals surface area contributed by atoms with Crippen LogP contribution >= 0.6 is 0 Å². The van der Waals surface area contributed by atoms with E-state index in [1.807, 2.05) is 4.90 Å². The molecule has 14 heteroatoms. The van der Waals surface area contributed by atoms with Crippen LogP contribution in [0.2, 0.25) is 0 Å². The summed E-state index contributed by atoms with van der Waals surface area (Å²) in [4.78, 5) is 39.1. The zero-order valence-corrected chi connectivity index (χ0v) is 25.3. The highest BCUT2D eigenvalue weighted by molar-refractivity contribution is 6.01. The second-order valence-corrected chi connectivity index (χ2v) is 11.6. The molecule has 1 atom stereocenters. The summed E-state index contributed by atoms with van der Waals surface area (Å²) >= 11 is 0. The SMILES string of the molecule is C=CC(=O)N1CC(N2CCN(CCN3CC[C@H](Nc4nc(C)cc(C(F)(F)F)c4C#N)C(=O)N(C)c4cccc(F)c43)CC2)C1. The van der Waals surface area contributed by atoms with Crippen LogP contribution < -0.4 is 15.1 Å². The van der Waals surface area contributed by atoms with Gasteiger partial charge in [0.15, 0.2) is 0 Å². The molecular weight excluding hydrogens is 592 g/mol. The van der Waals surface area contributed by atoms with Gasteiger partial charge in [-0.1, -0.05) is 12.6 Å². The Morgan fingerprint density at radius 1 is 1.18 bits per heavy atom. The number of hydrogen-bond acceptors (Lipinski definition) is 8. The number of pyridine rings is 1. The van der Waals surface area contributed by atoms with E-state index in [4.69, 9.17) is 0 Å². The fraction of sp³-hybridized carbons (Fsp3) is 0.484. The lowest BCUT2D eigenvalue weighted by molar-refractivity contribution is -0.138. The Balaban J connectivity index is 1.30. The number of aromatic nitrogens is 1. The molecule has 4 heterocycles. The number of carbonyl (C=O) groups is 2. The first-order chi connectivity index (χ1) is 21.4. The number of benzene rings is 1. The number of nitrogens with one attached hydrogen (secondary N) is 1. The zero-order chi connectivity index (χ0) is 32.5. The number of hydrogen-bond donors (Lipinski definition) is 1. The van der Waals surface area contributed by atoms with E-state index in [-0.39, 0.29) is 36.1 Å². The van der Waals surface area contributed by atoms with E-state index in [1.165, 1.54) is 37.1 Å². The first-order valence-corrected chi connectivity index (χ1v) is 14.9. The van der Waals surface area contributed by atoms with E-state index in [1.54, 1.807) is 17.0 Å². The topological polar surface area (TPSA) is 99.0 Å². The van der Waals surface area contributed by atoms with Crippen LogP contribution in [0.3, 0.4) is 0 Å². The number of fused-ring (bicyclic) bond motifs is 1. The fourth-order valence-electron chi connectivity index (χ4n) is 6.21. The number of alkyl halides is 3. The summed E-state index contributed by atoms with van der Waals surface area (Å²) in [7, 11) is 1.50.